The normalized spacial score (nSPS) is 16.6. The van der Waals surface area contributed by atoms with E-state index in [0.29, 0.717) is 25.1 Å². The molecule has 0 spiro atoms. The zero-order valence-electron chi connectivity index (χ0n) is 15.4. The number of likely N-dealkylation sites (tertiary alicyclic amines) is 1. The second kappa shape index (κ2) is 6.54. The Morgan fingerprint density at radius 2 is 1.76 bits per heavy atom. The molecule has 1 saturated heterocycles. The van der Waals surface area contributed by atoms with Crippen LogP contribution in [0.4, 0.5) is 18.0 Å². The molecule has 25 heavy (non-hydrogen) atoms. The molecule has 6 heteroatoms. The van der Waals surface area contributed by atoms with Gasteiger partial charge in [-0.3, -0.25) is 0 Å². The summed E-state index contributed by atoms with van der Waals surface area (Å²) in [7, 11) is 0. The van der Waals surface area contributed by atoms with Gasteiger partial charge in [-0.05, 0) is 50.2 Å². The molecule has 1 aliphatic heterocycles. The van der Waals surface area contributed by atoms with Crippen molar-refractivity contribution in [2.75, 3.05) is 13.1 Å². The van der Waals surface area contributed by atoms with E-state index in [1.54, 1.807) is 11.0 Å². The highest BCUT2D eigenvalue weighted by Gasteiger charge is 2.42. The SMILES string of the molecule is CC(C)(C)OC(=O)N1CC(C(C)(C)Cc2cccc(C(F)(F)F)c2)C1. The number of amides is 1. The van der Waals surface area contributed by atoms with Crippen LogP contribution >= 0.6 is 0 Å². The van der Waals surface area contributed by atoms with Crippen molar-refractivity contribution in [3.8, 4) is 0 Å². The molecule has 1 aromatic carbocycles. The van der Waals surface area contributed by atoms with Gasteiger partial charge in [0.05, 0.1) is 5.56 Å². The Kier molecular flexibility index (Phi) is 5.13. The second-order valence-corrected chi connectivity index (χ2v) is 8.45. The van der Waals surface area contributed by atoms with Crippen LogP contribution in [0.1, 0.15) is 45.7 Å². The molecule has 0 atom stereocenters. The van der Waals surface area contributed by atoms with Crippen LogP contribution < -0.4 is 0 Å². The van der Waals surface area contributed by atoms with Crippen molar-refractivity contribution in [2.24, 2.45) is 11.3 Å². The maximum Gasteiger partial charge on any atom is 0.416 e. The van der Waals surface area contributed by atoms with E-state index in [1.165, 1.54) is 12.1 Å². The van der Waals surface area contributed by atoms with E-state index in [1.807, 2.05) is 34.6 Å². The predicted octanol–water partition coefficient (Wildman–Crippen LogP) is 5.14. The molecule has 1 aliphatic rings. The summed E-state index contributed by atoms with van der Waals surface area (Å²) in [5.74, 6) is 0.231. The fraction of sp³-hybridized carbons (Fsp3) is 0.632. The van der Waals surface area contributed by atoms with E-state index < -0.39 is 17.3 Å². The maximum absolute atomic E-state index is 12.9. The van der Waals surface area contributed by atoms with Gasteiger partial charge < -0.3 is 9.64 Å². The lowest BCUT2D eigenvalue weighted by atomic mass is 9.71. The van der Waals surface area contributed by atoms with Crippen LogP contribution in [0.25, 0.3) is 0 Å². The smallest absolute Gasteiger partial charge is 0.416 e. The Morgan fingerprint density at radius 3 is 2.28 bits per heavy atom. The number of nitrogens with zero attached hydrogens (tertiary/aromatic N) is 1. The summed E-state index contributed by atoms with van der Waals surface area (Å²) >= 11 is 0. The number of hydrogen-bond donors (Lipinski definition) is 0. The third-order valence-electron chi connectivity index (χ3n) is 4.55. The zero-order valence-corrected chi connectivity index (χ0v) is 15.4. The minimum absolute atomic E-state index is 0.206. The standard InChI is InChI=1S/C19H26F3NO2/c1-17(2,3)25-16(24)23-11-15(12-23)18(4,5)10-13-7-6-8-14(9-13)19(20,21)22/h6-9,15H,10-12H2,1-5H3. The fourth-order valence-corrected chi connectivity index (χ4v) is 2.98. The lowest BCUT2D eigenvalue weighted by Gasteiger charge is -2.47. The van der Waals surface area contributed by atoms with E-state index in [9.17, 15) is 18.0 Å². The highest BCUT2D eigenvalue weighted by atomic mass is 19.4. The molecule has 0 aromatic heterocycles. The predicted molar refractivity (Wildman–Crippen MR) is 90.2 cm³/mol. The summed E-state index contributed by atoms with van der Waals surface area (Å²) in [6.45, 7) is 10.7. The lowest BCUT2D eigenvalue weighted by Crippen LogP contribution is -2.56. The van der Waals surface area contributed by atoms with Crippen molar-refractivity contribution in [3.05, 3.63) is 35.4 Å². The van der Waals surface area contributed by atoms with Crippen molar-refractivity contribution >= 4 is 6.09 Å². The van der Waals surface area contributed by atoms with Crippen molar-refractivity contribution in [2.45, 2.75) is 52.8 Å². The quantitative estimate of drug-likeness (QED) is 0.749. The van der Waals surface area contributed by atoms with E-state index >= 15 is 0 Å². The number of benzene rings is 1. The minimum atomic E-state index is -4.33. The molecule has 0 aliphatic carbocycles. The Labute approximate surface area is 147 Å². The number of carbonyl (C=O) groups excluding carboxylic acids is 1. The first kappa shape index (κ1) is 19.6. The summed E-state index contributed by atoms with van der Waals surface area (Å²) in [5.41, 5.74) is -0.696. The van der Waals surface area contributed by atoms with Gasteiger partial charge in [-0.15, -0.1) is 0 Å². The largest absolute Gasteiger partial charge is 0.444 e. The van der Waals surface area contributed by atoms with Gasteiger partial charge in [0.1, 0.15) is 5.60 Å². The van der Waals surface area contributed by atoms with Crippen molar-refractivity contribution in [3.63, 3.8) is 0 Å². The van der Waals surface area contributed by atoms with E-state index in [4.69, 9.17) is 4.74 Å². The van der Waals surface area contributed by atoms with E-state index in [0.717, 1.165) is 6.07 Å². The van der Waals surface area contributed by atoms with E-state index in [2.05, 4.69) is 0 Å². The van der Waals surface area contributed by atoms with Crippen molar-refractivity contribution < 1.29 is 22.7 Å². The molecular weight excluding hydrogens is 331 g/mol. The first-order chi connectivity index (χ1) is 11.3. The van der Waals surface area contributed by atoms with Crippen LogP contribution in [0.3, 0.4) is 0 Å². The fourth-order valence-electron chi connectivity index (χ4n) is 2.98. The van der Waals surface area contributed by atoms with Gasteiger partial charge in [0, 0.05) is 13.1 Å². The molecule has 1 heterocycles. The molecule has 0 unspecified atom stereocenters. The van der Waals surface area contributed by atoms with Crippen LogP contribution in [0.5, 0.6) is 0 Å². The molecule has 1 fully saturated rings. The highest BCUT2D eigenvalue weighted by molar-refractivity contribution is 5.69. The minimum Gasteiger partial charge on any atom is -0.444 e. The summed E-state index contributed by atoms with van der Waals surface area (Å²) in [4.78, 5) is 13.6. The van der Waals surface area contributed by atoms with E-state index in [-0.39, 0.29) is 17.4 Å². The highest BCUT2D eigenvalue weighted by Crippen LogP contribution is 2.38. The Morgan fingerprint density at radius 1 is 1.16 bits per heavy atom. The van der Waals surface area contributed by atoms with Gasteiger partial charge in [0.25, 0.3) is 0 Å². The molecule has 140 valence electrons. The molecule has 0 radical (unpaired) electrons. The first-order valence-corrected chi connectivity index (χ1v) is 8.42. The Hall–Kier alpha value is -1.72. The summed E-state index contributed by atoms with van der Waals surface area (Å²) in [6.07, 6.45) is -4.13. The van der Waals surface area contributed by atoms with Crippen LogP contribution in [0, 0.1) is 11.3 Å². The second-order valence-electron chi connectivity index (χ2n) is 8.45. The van der Waals surface area contributed by atoms with Crippen molar-refractivity contribution in [1.29, 1.82) is 0 Å². The third kappa shape index (κ3) is 5.13. The summed E-state index contributed by atoms with van der Waals surface area (Å²) in [6, 6.07) is 5.47. The number of halogens is 3. The number of alkyl halides is 3. The van der Waals surface area contributed by atoms with Crippen LogP contribution in [0.15, 0.2) is 24.3 Å². The molecule has 1 amide bonds. The molecule has 3 nitrogen and oxygen atoms in total. The van der Waals surface area contributed by atoms with Gasteiger partial charge in [-0.2, -0.15) is 13.2 Å². The first-order valence-electron chi connectivity index (χ1n) is 8.42. The molecule has 1 aromatic rings. The van der Waals surface area contributed by atoms with Gasteiger partial charge in [-0.1, -0.05) is 32.0 Å². The van der Waals surface area contributed by atoms with Gasteiger partial charge in [-0.25, -0.2) is 4.79 Å². The summed E-state index contributed by atoms with van der Waals surface area (Å²) < 4.78 is 43.9. The maximum atomic E-state index is 12.9. The van der Waals surface area contributed by atoms with Gasteiger partial charge in [0.15, 0.2) is 0 Å². The van der Waals surface area contributed by atoms with Crippen LogP contribution in [-0.2, 0) is 17.3 Å². The topological polar surface area (TPSA) is 29.5 Å². The molecule has 0 saturated carbocycles. The van der Waals surface area contributed by atoms with Gasteiger partial charge in [0.2, 0.25) is 0 Å². The molecule has 0 N–H and O–H groups in total. The Balaban J connectivity index is 1.97. The number of hydrogen-bond acceptors (Lipinski definition) is 2. The van der Waals surface area contributed by atoms with Crippen LogP contribution in [0.2, 0.25) is 0 Å². The monoisotopic (exact) mass is 357 g/mol. The summed E-state index contributed by atoms with van der Waals surface area (Å²) in [5, 5.41) is 0. The van der Waals surface area contributed by atoms with Gasteiger partial charge >= 0.3 is 12.3 Å². The number of carbonyl (C=O) groups is 1. The molecular formula is C19H26F3NO2. The van der Waals surface area contributed by atoms with Crippen LogP contribution in [-0.4, -0.2) is 29.7 Å². The molecule has 0 bridgehead atoms. The van der Waals surface area contributed by atoms with Crippen molar-refractivity contribution in [1.82, 2.24) is 4.90 Å². The molecule has 2 rings (SSSR count). The third-order valence-corrected chi connectivity index (χ3v) is 4.55. The average molecular weight is 357 g/mol. The lowest BCUT2D eigenvalue weighted by molar-refractivity contribution is -0.137. The number of rotatable bonds is 3. The number of ether oxygens (including phenoxy) is 1. The zero-order chi connectivity index (χ0) is 19.0. The Bertz CT molecular complexity index is 626. The average Bonchev–Trinajstić information content (AvgIpc) is 2.32.